The van der Waals surface area contributed by atoms with Crippen molar-refractivity contribution in [3.05, 3.63) is 48.0 Å². The van der Waals surface area contributed by atoms with Gasteiger partial charge >= 0.3 is 0 Å². The molecule has 21 heavy (non-hydrogen) atoms. The lowest BCUT2D eigenvalue weighted by Crippen LogP contribution is -1.92. The van der Waals surface area contributed by atoms with Crippen LogP contribution in [-0.2, 0) is 6.42 Å². The number of aryl methyl sites for hydroxylation is 1. The summed E-state index contributed by atoms with van der Waals surface area (Å²) in [5, 5.41) is 23.8. The molecule has 108 valence electrons. The predicted octanol–water partition coefficient (Wildman–Crippen LogP) is 4.99. The van der Waals surface area contributed by atoms with Gasteiger partial charge in [0.15, 0.2) is 0 Å². The zero-order valence-corrected chi connectivity index (χ0v) is 12.4. The van der Waals surface area contributed by atoms with Crippen molar-refractivity contribution < 1.29 is 10.2 Å². The summed E-state index contributed by atoms with van der Waals surface area (Å²) in [4.78, 5) is 0. The van der Waals surface area contributed by atoms with E-state index in [0.717, 1.165) is 18.2 Å². The summed E-state index contributed by atoms with van der Waals surface area (Å²) < 4.78 is 0. The Morgan fingerprint density at radius 1 is 0.810 bits per heavy atom. The molecule has 0 bridgehead atoms. The van der Waals surface area contributed by atoms with Crippen LogP contribution < -0.4 is 0 Å². The van der Waals surface area contributed by atoms with Crippen LogP contribution in [0.1, 0.15) is 25.8 Å². The Bertz CT molecular complexity index is 803. The average Bonchev–Trinajstić information content (AvgIpc) is 2.50. The van der Waals surface area contributed by atoms with Gasteiger partial charge in [0.05, 0.1) is 0 Å². The lowest BCUT2D eigenvalue weighted by atomic mass is 9.96. The fourth-order valence-electron chi connectivity index (χ4n) is 2.79. The van der Waals surface area contributed by atoms with E-state index >= 15 is 0 Å². The van der Waals surface area contributed by atoms with Crippen LogP contribution in [0.2, 0.25) is 0 Å². The third-order valence-corrected chi connectivity index (χ3v) is 4.04. The van der Waals surface area contributed by atoms with Crippen molar-refractivity contribution in [2.45, 2.75) is 26.7 Å². The molecule has 3 aromatic carbocycles. The lowest BCUT2D eigenvalue weighted by Gasteiger charge is -2.11. The molecule has 3 rings (SSSR count). The molecular weight excluding hydrogens is 260 g/mol. The van der Waals surface area contributed by atoms with Crippen molar-refractivity contribution in [3.8, 4) is 11.5 Å². The highest BCUT2D eigenvalue weighted by Crippen LogP contribution is 2.41. The molecule has 0 radical (unpaired) electrons. The van der Waals surface area contributed by atoms with Gasteiger partial charge in [0, 0.05) is 21.5 Å². The van der Waals surface area contributed by atoms with Crippen molar-refractivity contribution >= 4 is 21.5 Å². The van der Waals surface area contributed by atoms with Crippen LogP contribution in [0.3, 0.4) is 0 Å². The Hall–Kier alpha value is -2.22. The molecule has 0 saturated carbocycles. The van der Waals surface area contributed by atoms with Gasteiger partial charge in [0.1, 0.15) is 11.5 Å². The molecule has 0 aliphatic carbocycles. The van der Waals surface area contributed by atoms with Gasteiger partial charge in [-0.05, 0) is 30.4 Å². The minimum absolute atomic E-state index is 0.244. The molecule has 0 spiro atoms. The van der Waals surface area contributed by atoms with E-state index in [0.29, 0.717) is 22.1 Å². The minimum Gasteiger partial charge on any atom is -0.507 e. The van der Waals surface area contributed by atoms with Crippen molar-refractivity contribution in [1.82, 2.24) is 0 Å². The second-order valence-corrected chi connectivity index (χ2v) is 6.06. The first-order chi connectivity index (χ1) is 10.1. The van der Waals surface area contributed by atoms with E-state index in [1.165, 1.54) is 5.56 Å². The van der Waals surface area contributed by atoms with E-state index < -0.39 is 0 Å². The van der Waals surface area contributed by atoms with E-state index in [1.54, 1.807) is 0 Å². The number of benzene rings is 3. The summed E-state index contributed by atoms with van der Waals surface area (Å²) in [6.07, 6.45) is 2.10. The van der Waals surface area contributed by atoms with Crippen LogP contribution in [0.25, 0.3) is 21.5 Å². The van der Waals surface area contributed by atoms with Crippen molar-refractivity contribution in [3.63, 3.8) is 0 Å². The van der Waals surface area contributed by atoms with Gasteiger partial charge in [-0.15, -0.1) is 0 Å². The third kappa shape index (κ3) is 2.42. The fourth-order valence-corrected chi connectivity index (χ4v) is 2.79. The first kappa shape index (κ1) is 13.7. The molecule has 0 unspecified atom stereocenters. The maximum absolute atomic E-state index is 10.5. The quantitative estimate of drug-likeness (QED) is 0.524. The van der Waals surface area contributed by atoms with E-state index in [2.05, 4.69) is 13.8 Å². The predicted molar refractivity (Wildman–Crippen MR) is 87.9 cm³/mol. The van der Waals surface area contributed by atoms with E-state index in [-0.39, 0.29) is 11.5 Å². The minimum atomic E-state index is 0.244. The van der Waals surface area contributed by atoms with Crippen LogP contribution in [0.5, 0.6) is 11.5 Å². The molecule has 0 aliphatic rings. The second kappa shape index (κ2) is 5.28. The Morgan fingerprint density at radius 3 is 2.00 bits per heavy atom. The molecule has 2 N–H and O–H groups in total. The molecule has 0 atom stereocenters. The molecule has 0 aliphatic heterocycles. The normalized spacial score (nSPS) is 11.6. The Morgan fingerprint density at radius 2 is 1.38 bits per heavy atom. The van der Waals surface area contributed by atoms with Crippen molar-refractivity contribution in [1.29, 1.82) is 0 Å². The maximum atomic E-state index is 10.5. The lowest BCUT2D eigenvalue weighted by molar-refractivity contribution is 0.478. The summed E-state index contributed by atoms with van der Waals surface area (Å²) in [7, 11) is 0. The van der Waals surface area contributed by atoms with E-state index in [4.69, 9.17) is 0 Å². The monoisotopic (exact) mass is 280 g/mol. The zero-order valence-electron chi connectivity index (χ0n) is 12.4. The summed E-state index contributed by atoms with van der Waals surface area (Å²) in [5.41, 5.74) is 1.20. The summed E-state index contributed by atoms with van der Waals surface area (Å²) >= 11 is 0. The molecule has 0 saturated heterocycles. The molecule has 3 aromatic rings. The molecule has 2 heteroatoms. The number of hydrogen-bond donors (Lipinski definition) is 2. The number of phenolic OH excluding ortho intramolecular Hbond substituents is 2. The largest absolute Gasteiger partial charge is 0.507 e. The van der Waals surface area contributed by atoms with Gasteiger partial charge in [0.25, 0.3) is 0 Å². The number of rotatable bonds is 3. The first-order valence-electron chi connectivity index (χ1n) is 7.43. The van der Waals surface area contributed by atoms with E-state index in [9.17, 15) is 10.2 Å². The highest BCUT2D eigenvalue weighted by atomic mass is 16.3. The second-order valence-electron chi connectivity index (χ2n) is 6.06. The molecule has 0 amide bonds. The van der Waals surface area contributed by atoms with Gasteiger partial charge in [-0.1, -0.05) is 50.2 Å². The SMILES string of the molecule is CC(C)CCc1ccc2c(O)c3ccccc3c(O)c2c1. The van der Waals surface area contributed by atoms with Crippen LogP contribution in [0.15, 0.2) is 42.5 Å². The number of phenols is 2. The Balaban J connectivity index is 2.21. The molecular formula is C19H20O2. The number of hydrogen-bond acceptors (Lipinski definition) is 2. The standard InChI is InChI=1S/C19H20O2/c1-12(2)7-8-13-9-10-16-17(11-13)19(21)15-6-4-3-5-14(15)18(16)20/h3-6,9-12,20-21H,7-8H2,1-2H3. The highest BCUT2D eigenvalue weighted by Gasteiger charge is 2.12. The Kier molecular flexibility index (Phi) is 3.46. The number of fused-ring (bicyclic) bond motifs is 2. The third-order valence-electron chi connectivity index (χ3n) is 4.04. The summed E-state index contributed by atoms with van der Waals surface area (Å²) in [6, 6.07) is 13.4. The average molecular weight is 280 g/mol. The molecule has 0 fully saturated rings. The Labute approximate surface area is 124 Å². The van der Waals surface area contributed by atoms with Gasteiger partial charge in [-0.25, -0.2) is 0 Å². The first-order valence-corrected chi connectivity index (χ1v) is 7.43. The fraction of sp³-hybridized carbons (Fsp3) is 0.263. The van der Waals surface area contributed by atoms with Crippen LogP contribution in [0.4, 0.5) is 0 Å². The topological polar surface area (TPSA) is 40.5 Å². The summed E-state index contributed by atoms with van der Waals surface area (Å²) in [6.45, 7) is 4.41. The van der Waals surface area contributed by atoms with E-state index in [1.807, 2.05) is 42.5 Å². The van der Waals surface area contributed by atoms with Crippen LogP contribution >= 0.6 is 0 Å². The van der Waals surface area contributed by atoms with Crippen molar-refractivity contribution in [2.24, 2.45) is 5.92 Å². The maximum Gasteiger partial charge on any atom is 0.131 e. The highest BCUT2D eigenvalue weighted by molar-refractivity contribution is 6.10. The van der Waals surface area contributed by atoms with Crippen molar-refractivity contribution in [2.75, 3.05) is 0 Å². The molecule has 2 nitrogen and oxygen atoms in total. The van der Waals surface area contributed by atoms with Gasteiger partial charge in [-0.2, -0.15) is 0 Å². The van der Waals surface area contributed by atoms with Gasteiger partial charge in [0.2, 0.25) is 0 Å². The number of aromatic hydroxyl groups is 2. The smallest absolute Gasteiger partial charge is 0.131 e. The van der Waals surface area contributed by atoms with Gasteiger partial charge in [-0.3, -0.25) is 0 Å². The van der Waals surface area contributed by atoms with Gasteiger partial charge < -0.3 is 10.2 Å². The molecule has 0 heterocycles. The van der Waals surface area contributed by atoms with Crippen LogP contribution in [0, 0.1) is 5.92 Å². The summed E-state index contributed by atoms with van der Waals surface area (Å²) in [5.74, 6) is 1.15. The molecule has 0 aromatic heterocycles. The van der Waals surface area contributed by atoms with Crippen LogP contribution in [-0.4, -0.2) is 10.2 Å². The zero-order chi connectivity index (χ0) is 15.0.